The van der Waals surface area contributed by atoms with Gasteiger partial charge in [-0.15, -0.1) is 0 Å². The number of carbonyl (C=O) groups is 2. The van der Waals surface area contributed by atoms with Gasteiger partial charge in [0.15, 0.2) is 5.70 Å². The van der Waals surface area contributed by atoms with E-state index >= 15 is 0 Å². The largest absolute Gasteiger partial charge is 0.422 e. The van der Waals surface area contributed by atoms with Gasteiger partial charge >= 0.3 is 11.9 Å². The van der Waals surface area contributed by atoms with Crippen LogP contribution >= 0.6 is 11.6 Å². The number of para-hydroxylation sites is 1. The van der Waals surface area contributed by atoms with Crippen molar-refractivity contribution in [3.8, 4) is 5.75 Å². The molecule has 0 saturated heterocycles. The fourth-order valence-corrected chi connectivity index (χ4v) is 2.82. The zero-order chi connectivity index (χ0) is 20.2. The molecule has 142 valence electrons. The lowest BCUT2D eigenvalue weighted by Gasteiger charge is -2.07. The van der Waals surface area contributed by atoms with Gasteiger partial charge in [0, 0.05) is 16.1 Å². The molecule has 3 aromatic rings. The van der Waals surface area contributed by atoms with Crippen LogP contribution in [0.1, 0.15) is 21.5 Å². The van der Waals surface area contributed by atoms with Crippen LogP contribution in [0, 0.1) is 0 Å². The molecule has 0 unspecified atom stereocenters. The van der Waals surface area contributed by atoms with E-state index in [0.717, 1.165) is 0 Å². The summed E-state index contributed by atoms with van der Waals surface area (Å²) in [6.45, 7) is 0. The maximum Gasteiger partial charge on any atom is 0.363 e. The van der Waals surface area contributed by atoms with Crippen molar-refractivity contribution < 1.29 is 19.1 Å². The van der Waals surface area contributed by atoms with E-state index in [4.69, 9.17) is 21.1 Å². The lowest BCUT2D eigenvalue weighted by molar-refractivity contribution is -0.129. The van der Waals surface area contributed by atoms with Crippen molar-refractivity contribution >= 4 is 35.5 Å². The molecule has 4 rings (SSSR count). The molecule has 0 fully saturated rings. The molecule has 0 spiro atoms. The third-order valence-corrected chi connectivity index (χ3v) is 4.39. The Balaban J connectivity index is 1.61. The number of carbonyl (C=O) groups excluding carboxylic acids is 2. The van der Waals surface area contributed by atoms with E-state index in [2.05, 4.69) is 4.99 Å². The number of esters is 2. The highest BCUT2D eigenvalue weighted by atomic mass is 35.5. The zero-order valence-electron chi connectivity index (χ0n) is 15.0. The van der Waals surface area contributed by atoms with E-state index in [0.29, 0.717) is 27.5 Å². The molecule has 0 saturated carbocycles. The summed E-state index contributed by atoms with van der Waals surface area (Å²) in [5.41, 5.74) is 1.71. The molecule has 6 heteroatoms. The van der Waals surface area contributed by atoms with Gasteiger partial charge in [-0.1, -0.05) is 48.0 Å². The highest BCUT2D eigenvalue weighted by Gasteiger charge is 2.24. The van der Waals surface area contributed by atoms with Crippen molar-refractivity contribution in [2.45, 2.75) is 0 Å². The summed E-state index contributed by atoms with van der Waals surface area (Å²) < 4.78 is 10.8. The molecule has 0 bridgehead atoms. The summed E-state index contributed by atoms with van der Waals surface area (Å²) in [6.07, 6.45) is 1.53. The van der Waals surface area contributed by atoms with Crippen molar-refractivity contribution in [1.29, 1.82) is 0 Å². The Morgan fingerprint density at radius 1 is 0.931 bits per heavy atom. The second kappa shape index (κ2) is 8.12. The number of nitrogens with zero attached hydrogens (tertiary/aromatic N) is 1. The first-order valence-corrected chi connectivity index (χ1v) is 9.13. The number of hydrogen-bond acceptors (Lipinski definition) is 5. The Kier molecular flexibility index (Phi) is 5.22. The Hall–Kier alpha value is -3.70. The molecule has 1 aliphatic rings. The van der Waals surface area contributed by atoms with Gasteiger partial charge in [-0.25, -0.2) is 14.6 Å². The fraction of sp³-hybridized carbons (Fsp3) is 0. The lowest BCUT2D eigenvalue weighted by Crippen LogP contribution is -2.09. The van der Waals surface area contributed by atoms with Gasteiger partial charge in [0.1, 0.15) is 5.75 Å². The minimum Gasteiger partial charge on any atom is -0.422 e. The van der Waals surface area contributed by atoms with E-state index in [1.807, 2.05) is 18.2 Å². The van der Waals surface area contributed by atoms with Crippen LogP contribution in [0.25, 0.3) is 6.08 Å². The average Bonchev–Trinajstić information content (AvgIpc) is 3.11. The number of ether oxygens (including phenoxy) is 2. The van der Waals surface area contributed by atoms with Crippen LogP contribution in [0.3, 0.4) is 0 Å². The molecule has 3 aromatic carbocycles. The summed E-state index contributed by atoms with van der Waals surface area (Å²) in [4.78, 5) is 28.9. The molecule has 0 N–H and O–H groups in total. The summed E-state index contributed by atoms with van der Waals surface area (Å²) in [7, 11) is 0. The van der Waals surface area contributed by atoms with Crippen LogP contribution in [-0.2, 0) is 9.53 Å². The van der Waals surface area contributed by atoms with Crippen molar-refractivity contribution in [1.82, 2.24) is 0 Å². The maximum atomic E-state index is 12.4. The van der Waals surface area contributed by atoms with Crippen molar-refractivity contribution in [2.75, 3.05) is 0 Å². The monoisotopic (exact) mass is 403 g/mol. The number of halogens is 1. The lowest BCUT2D eigenvalue weighted by atomic mass is 10.1. The third-order valence-electron chi connectivity index (χ3n) is 4.14. The smallest absolute Gasteiger partial charge is 0.363 e. The van der Waals surface area contributed by atoms with E-state index < -0.39 is 11.9 Å². The van der Waals surface area contributed by atoms with Crippen LogP contribution < -0.4 is 4.74 Å². The number of rotatable bonds is 4. The van der Waals surface area contributed by atoms with Gasteiger partial charge in [0.2, 0.25) is 5.90 Å². The van der Waals surface area contributed by atoms with Crippen LogP contribution in [0.15, 0.2) is 89.6 Å². The van der Waals surface area contributed by atoms with Crippen LogP contribution in [-0.4, -0.2) is 17.8 Å². The normalized spacial score (nSPS) is 14.4. The molecule has 5 nitrogen and oxygen atoms in total. The van der Waals surface area contributed by atoms with Gasteiger partial charge in [-0.3, -0.25) is 0 Å². The Bertz CT molecular complexity index is 1140. The van der Waals surface area contributed by atoms with E-state index in [1.165, 1.54) is 6.08 Å². The first kappa shape index (κ1) is 18.7. The minimum atomic E-state index is -0.567. The van der Waals surface area contributed by atoms with Crippen LogP contribution in [0.2, 0.25) is 5.02 Å². The van der Waals surface area contributed by atoms with Gasteiger partial charge < -0.3 is 9.47 Å². The summed E-state index contributed by atoms with van der Waals surface area (Å²) >= 11 is 5.85. The van der Waals surface area contributed by atoms with Crippen LogP contribution in [0.4, 0.5) is 0 Å². The predicted octanol–water partition coefficient (Wildman–Crippen LogP) is 4.90. The molecule has 1 heterocycles. The fourth-order valence-electron chi connectivity index (χ4n) is 2.70. The average molecular weight is 404 g/mol. The molecule has 0 aromatic heterocycles. The molecule has 29 heavy (non-hydrogen) atoms. The summed E-state index contributed by atoms with van der Waals surface area (Å²) in [6, 6.07) is 22.4. The molecule has 0 amide bonds. The molecule has 0 radical (unpaired) electrons. The molecule has 0 atom stereocenters. The van der Waals surface area contributed by atoms with E-state index in [-0.39, 0.29) is 11.6 Å². The number of aliphatic imine (C=N–C) groups is 1. The first-order valence-electron chi connectivity index (χ1n) is 8.75. The predicted molar refractivity (Wildman–Crippen MR) is 110 cm³/mol. The standard InChI is InChI=1S/C23H14ClNO4/c24-18-12-10-16(11-13-18)22(26)28-20-9-5-4-8-17(20)14-19-23(27)29-21(25-19)15-6-2-1-3-7-15/h1-14H/b19-14-. The second-order valence-electron chi connectivity index (χ2n) is 6.14. The Morgan fingerprint density at radius 2 is 1.62 bits per heavy atom. The summed E-state index contributed by atoms with van der Waals surface area (Å²) in [5.74, 6) is -0.564. The molecule has 0 aliphatic carbocycles. The van der Waals surface area contributed by atoms with Gasteiger partial charge in [-0.2, -0.15) is 0 Å². The zero-order valence-corrected chi connectivity index (χ0v) is 15.8. The quantitative estimate of drug-likeness (QED) is 0.353. The highest BCUT2D eigenvalue weighted by Crippen LogP contribution is 2.25. The SMILES string of the molecule is O=C1OC(c2ccccc2)=N/C1=C\c1ccccc1OC(=O)c1ccc(Cl)cc1. The molecular weight excluding hydrogens is 390 g/mol. The van der Waals surface area contributed by atoms with E-state index in [9.17, 15) is 9.59 Å². The Labute approximate surface area is 171 Å². The third kappa shape index (κ3) is 4.25. The topological polar surface area (TPSA) is 65.0 Å². The maximum absolute atomic E-state index is 12.4. The van der Waals surface area contributed by atoms with Gasteiger partial charge in [0.25, 0.3) is 0 Å². The highest BCUT2D eigenvalue weighted by molar-refractivity contribution is 6.30. The molecule has 1 aliphatic heterocycles. The number of benzene rings is 3. The summed E-state index contributed by atoms with van der Waals surface area (Å²) in [5, 5.41) is 0.526. The van der Waals surface area contributed by atoms with Gasteiger partial charge in [-0.05, 0) is 48.5 Å². The van der Waals surface area contributed by atoms with Crippen LogP contribution in [0.5, 0.6) is 5.75 Å². The second-order valence-corrected chi connectivity index (χ2v) is 6.57. The van der Waals surface area contributed by atoms with E-state index in [1.54, 1.807) is 60.7 Å². The first-order chi connectivity index (χ1) is 14.1. The van der Waals surface area contributed by atoms with Gasteiger partial charge in [0.05, 0.1) is 5.56 Å². The number of hydrogen-bond donors (Lipinski definition) is 0. The van der Waals surface area contributed by atoms with Crippen molar-refractivity contribution in [3.63, 3.8) is 0 Å². The van der Waals surface area contributed by atoms with Crippen molar-refractivity contribution in [2.24, 2.45) is 4.99 Å². The number of cyclic esters (lactones) is 1. The Morgan fingerprint density at radius 3 is 2.38 bits per heavy atom. The minimum absolute atomic E-state index is 0.124. The molecular formula is C23H14ClNO4. The van der Waals surface area contributed by atoms with Crippen molar-refractivity contribution in [3.05, 3.63) is 106 Å².